The number of ether oxygens (including phenoxy) is 1. The summed E-state index contributed by atoms with van der Waals surface area (Å²) in [7, 11) is 0. The first-order chi connectivity index (χ1) is 13.7. The molecule has 2 rings (SSSR count). The Bertz CT molecular complexity index is 864. The van der Waals surface area contributed by atoms with E-state index in [4.69, 9.17) is 17.0 Å². The van der Waals surface area contributed by atoms with E-state index in [0.29, 0.717) is 35.0 Å². The predicted octanol–water partition coefficient (Wildman–Crippen LogP) is 4.59. The van der Waals surface area contributed by atoms with Crippen LogP contribution in [-0.2, 0) is 4.79 Å². The molecule has 2 aromatic rings. The van der Waals surface area contributed by atoms with Gasteiger partial charge in [-0.2, -0.15) is 0 Å². The molecule has 0 spiro atoms. The highest BCUT2D eigenvalue weighted by molar-refractivity contribution is 7.80. The average molecular weight is 414 g/mol. The monoisotopic (exact) mass is 413 g/mol. The van der Waals surface area contributed by atoms with Gasteiger partial charge in [-0.1, -0.05) is 19.9 Å². The maximum atomic E-state index is 12.4. The van der Waals surface area contributed by atoms with Crippen molar-refractivity contribution in [2.45, 2.75) is 40.2 Å². The van der Waals surface area contributed by atoms with E-state index in [9.17, 15) is 9.59 Å². The Morgan fingerprint density at radius 2 is 1.59 bits per heavy atom. The standard InChI is InChI=1S/C22H27N3O3S/c1-14(2)12-20(26)23-17-8-10-18(11-9-17)24-22(29)25-21(27)16-6-5-7-19(13-16)28-15(3)4/h5-11,13-15H,12H2,1-4H3,(H,23,26)(H2,24,25,27,29). The summed E-state index contributed by atoms with van der Waals surface area (Å²) >= 11 is 5.22. The normalized spacial score (nSPS) is 10.6. The van der Waals surface area contributed by atoms with Gasteiger partial charge in [0.25, 0.3) is 5.91 Å². The van der Waals surface area contributed by atoms with Crippen molar-refractivity contribution in [3.05, 3.63) is 54.1 Å². The Labute approximate surface area is 177 Å². The van der Waals surface area contributed by atoms with Crippen molar-refractivity contribution in [1.29, 1.82) is 0 Å². The molecule has 0 saturated carbocycles. The van der Waals surface area contributed by atoms with Gasteiger partial charge < -0.3 is 15.4 Å². The van der Waals surface area contributed by atoms with Crippen LogP contribution in [0.15, 0.2) is 48.5 Å². The number of carbonyl (C=O) groups is 2. The molecule has 0 bridgehead atoms. The number of anilines is 2. The summed E-state index contributed by atoms with van der Waals surface area (Å²) in [4.78, 5) is 24.2. The summed E-state index contributed by atoms with van der Waals surface area (Å²) in [5.74, 6) is 0.581. The molecule has 2 aromatic carbocycles. The van der Waals surface area contributed by atoms with Crippen LogP contribution in [0.2, 0.25) is 0 Å². The number of hydrogen-bond donors (Lipinski definition) is 3. The van der Waals surface area contributed by atoms with E-state index < -0.39 is 0 Å². The molecule has 7 heteroatoms. The quantitative estimate of drug-likeness (QED) is 0.579. The molecule has 3 N–H and O–H groups in total. The van der Waals surface area contributed by atoms with Crippen LogP contribution in [0, 0.1) is 5.92 Å². The van der Waals surface area contributed by atoms with E-state index in [-0.39, 0.29) is 23.0 Å². The van der Waals surface area contributed by atoms with Gasteiger partial charge in [0, 0.05) is 23.4 Å². The highest BCUT2D eigenvalue weighted by Gasteiger charge is 2.10. The molecule has 0 radical (unpaired) electrons. The number of nitrogens with one attached hydrogen (secondary N) is 3. The van der Waals surface area contributed by atoms with E-state index >= 15 is 0 Å². The Kier molecular flexibility index (Phi) is 8.15. The number of amides is 2. The lowest BCUT2D eigenvalue weighted by molar-refractivity contribution is -0.116. The van der Waals surface area contributed by atoms with Crippen molar-refractivity contribution in [2.24, 2.45) is 5.92 Å². The van der Waals surface area contributed by atoms with E-state index in [1.165, 1.54) is 0 Å². The van der Waals surface area contributed by atoms with Gasteiger partial charge in [0.15, 0.2) is 5.11 Å². The third-order valence-corrected chi connectivity index (χ3v) is 3.92. The molecule has 6 nitrogen and oxygen atoms in total. The van der Waals surface area contributed by atoms with Crippen molar-refractivity contribution in [3.8, 4) is 5.75 Å². The minimum Gasteiger partial charge on any atom is -0.491 e. The predicted molar refractivity (Wildman–Crippen MR) is 120 cm³/mol. The SMILES string of the molecule is CC(C)CC(=O)Nc1ccc(NC(=S)NC(=O)c2cccc(OC(C)C)c2)cc1. The second-order valence-corrected chi connectivity index (χ2v) is 7.73. The second-order valence-electron chi connectivity index (χ2n) is 7.33. The van der Waals surface area contributed by atoms with Gasteiger partial charge in [-0.05, 0) is 74.4 Å². The molecule has 0 fully saturated rings. The molecule has 0 aromatic heterocycles. The molecule has 29 heavy (non-hydrogen) atoms. The fraction of sp³-hybridized carbons (Fsp3) is 0.318. The van der Waals surface area contributed by atoms with Crippen LogP contribution in [0.4, 0.5) is 11.4 Å². The topological polar surface area (TPSA) is 79.5 Å². The summed E-state index contributed by atoms with van der Waals surface area (Å²) in [6.07, 6.45) is 0.494. The molecule has 154 valence electrons. The molecule has 0 aliphatic heterocycles. The van der Waals surface area contributed by atoms with E-state index in [2.05, 4.69) is 16.0 Å². The molecule has 0 atom stereocenters. The summed E-state index contributed by atoms with van der Waals surface area (Å²) in [5.41, 5.74) is 1.86. The molecule has 0 heterocycles. The first-order valence-electron chi connectivity index (χ1n) is 9.52. The lowest BCUT2D eigenvalue weighted by atomic mass is 10.1. The number of hydrogen-bond acceptors (Lipinski definition) is 4. The van der Waals surface area contributed by atoms with Crippen LogP contribution in [-0.4, -0.2) is 23.0 Å². The van der Waals surface area contributed by atoms with Gasteiger partial charge in [-0.15, -0.1) is 0 Å². The maximum Gasteiger partial charge on any atom is 0.257 e. The minimum absolute atomic E-state index is 0.0211. The smallest absolute Gasteiger partial charge is 0.257 e. The van der Waals surface area contributed by atoms with Crippen molar-refractivity contribution in [2.75, 3.05) is 10.6 Å². The van der Waals surface area contributed by atoms with Gasteiger partial charge in [-0.25, -0.2) is 0 Å². The Hall–Kier alpha value is -2.93. The number of thiocarbonyl (C=S) groups is 1. The lowest BCUT2D eigenvalue weighted by Crippen LogP contribution is -2.34. The van der Waals surface area contributed by atoms with Gasteiger partial charge in [0.05, 0.1) is 6.10 Å². The highest BCUT2D eigenvalue weighted by atomic mass is 32.1. The molecular formula is C22H27N3O3S. The zero-order valence-electron chi connectivity index (χ0n) is 17.1. The maximum absolute atomic E-state index is 12.4. The van der Waals surface area contributed by atoms with E-state index in [1.54, 1.807) is 48.5 Å². The van der Waals surface area contributed by atoms with Crippen molar-refractivity contribution < 1.29 is 14.3 Å². The van der Waals surface area contributed by atoms with Crippen molar-refractivity contribution in [3.63, 3.8) is 0 Å². The first kappa shape index (κ1) is 22.4. The van der Waals surface area contributed by atoms with Gasteiger partial charge in [-0.3, -0.25) is 14.9 Å². The lowest BCUT2D eigenvalue weighted by Gasteiger charge is -2.12. The highest BCUT2D eigenvalue weighted by Crippen LogP contribution is 2.16. The Balaban J connectivity index is 1.90. The van der Waals surface area contributed by atoms with Gasteiger partial charge >= 0.3 is 0 Å². The Morgan fingerprint density at radius 3 is 2.17 bits per heavy atom. The number of rotatable bonds is 7. The average Bonchev–Trinajstić information content (AvgIpc) is 2.62. The second kappa shape index (κ2) is 10.6. The van der Waals surface area contributed by atoms with Crippen LogP contribution in [0.1, 0.15) is 44.5 Å². The fourth-order valence-corrected chi connectivity index (χ4v) is 2.75. The zero-order valence-corrected chi connectivity index (χ0v) is 17.9. The van der Waals surface area contributed by atoms with Crippen molar-refractivity contribution >= 4 is 40.5 Å². The molecular weight excluding hydrogens is 386 g/mol. The third-order valence-electron chi connectivity index (χ3n) is 3.72. The van der Waals surface area contributed by atoms with E-state index in [0.717, 1.165) is 0 Å². The fourth-order valence-electron chi connectivity index (χ4n) is 2.54. The first-order valence-corrected chi connectivity index (χ1v) is 9.92. The minimum atomic E-state index is -0.325. The zero-order chi connectivity index (χ0) is 21.4. The molecule has 0 saturated heterocycles. The summed E-state index contributed by atoms with van der Waals surface area (Å²) < 4.78 is 5.61. The summed E-state index contributed by atoms with van der Waals surface area (Å²) in [6, 6.07) is 14.0. The van der Waals surface area contributed by atoms with Crippen LogP contribution in [0.5, 0.6) is 5.75 Å². The van der Waals surface area contributed by atoms with Gasteiger partial charge in [0.2, 0.25) is 5.91 Å². The Morgan fingerprint density at radius 1 is 0.966 bits per heavy atom. The number of carbonyl (C=O) groups excluding carboxylic acids is 2. The van der Waals surface area contributed by atoms with Crippen LogP contribution in [0.25, 0.3) is 0 Å². The molecule has 0 aliphatic rings. The molecule has 0 aliphatic carbocycles. The largest absolute Gasteiger partial charge is 0.491 e. The van der Waals surface area contributed by atoms with Crippen molar-refractivity contribution in [1.82, 2.24) is 5.32 Å². The third kappa shape index (κ3) is 7.91. The van der Waals surface area contributed by atoms with E-state index in [1.807, 2.05) is 27.7 Å². The molecule has 2 amide bonds. The van der Waals surface area contributed by atoms with Crippen LogP contribution >= 0.6 is 12.2 Å². The van der Waals surface area contributed by atoms with Crippen LogP contribution < -0.4 is 20.7 Å². The number of benzene rings is 2. The van der Waals surface area contributed by atoms with Crippen LogP contribution in [0.3, 0.4) is 0 Å². The molecule has 0 unspecified atom stereocenters. The van der Waals surface area contributed by atoms with Gasteiger partial charge in [0.1, 0.15) is 5.75 Å². The summed E-state index contributed by atoms with van der Waals surface area (Å²) in [5, 5.41) is 8.63. The summed E-state index contributed by atoms with van der Waals surface area (Å²) in [6.45, 7) is 7.84.